The number of anilines is 2. The number of carbonyl (C=O) groups excluding carboxylic acids is 1. The van der Waals surface area contributed by atoms with Crippen molar-refractivity contribution in [1.82, 2.24) is 14.9 Å². The lowest BCUT2D eigenvalue weighted by molar-refractivity contribution is -0.141. The molecule has 0 saturated heterocycles. The van der Waals surface area contributed by atoms with Gasteiger partial charge in [0.25, 0.3) is 10.0 Å². The van der Waals surface area contributed by atoms with Gasteiger partial charge in [-0.05, 0) is 73.8 Å². The molecule has 0 radical (unpaired) electrons. The van der Waals surface area contributed by atoms with Gasteiger partial charge >= 0.3 is 5.97 Å². The summed E-state index contributed by atoms with van der Waals surface area (Å²) in [7, 11) is 1.82. The largest absolute Gasteiger partial charge is 0.464 e. The van der Waals surface area contributed by atoms with Crippen LogP contribution in [0.1, 0.15) is 19.8 Å². The molecule has 0 aliphatic heterocycles. The maximum absolute atomic E-state index is 13.8. The minimum absolute atomic E-state index is 0.130. The van der Waals surface area contributed by atoms with Crippen molar-refractivity contribution in [2.45, 2.75) is 24.7 Å². The maximum Gasteiger partial charge on any atom is 0.326 e. The Kier molecular flexibility index (Phi) is 10.8. The van der Waals surface area contributed by atoms with E-state index in [1.54, 1.807) is 24.4 Å². The molecule has 4 rings (SSSR count). The van der Waals surface area contributed by atoms with Crippen LogP contribution in [0, 0.1) is 0 Å². The number of nitrogens with zero attached hydrogens (tertiary/aromatic N) is 5. The molecule has 0 aliphatic rings. The fourth-order valence-electron chi connectivity index (χ4n) is 4.31. The van der Waals surface area contributed by atoms with Crippen molar-refractivity contribution >= 4 is 61.5 Å². The van der Waals surface area contributed by atoms with E-state index in [0.717, 1.165) is 46.0 Å². The quantitative estimate of drug-likeness (QED) is 0.127. The van der Waals surface area contributed by atoms with E-state index in [0.29, 0.717) is 17.9 Å². The third-order valence-electron chi connectivity index (χ3n) is 6.74. The highest BCUT2D eigenvalue weighted by Gasteiger charge is 2.29. The van der Waals surface area contributed by atoms with Gasteiger partial charge in [-0.1, -0.05) is 54.7 Å². The first kappa shape index (κ1) is 32.5. The number of unbranched alkanes of at least 4 members (excludes halogenated alkanes) is 1. The molecule has 1 heterocycles. The van der Waals surface area contributed by atoms with E-state index in [1.165, 1.54) is 18.2 Å². The number of aromatic nitrogens is 2. The van der Waals surface area contributed by atoms with Crippen LogP contribution in [0.2, 0.25) is 10.0 Å². The number of sulfonamides is 1. The van der Waals surface area contributed by atoms with Gasteiger partial charge in [-0.3, -0.25) is 9.10 Å². The predicted molar refractivity (Wildman–Crippen MR) is 174 cm³/mol. The smallest absolute Gasteiger partial charge is 0.326 e. The van der Waals surface area contributed by atoms with Crippen LogP contribution in [0.25, 0.3) is 22.2 Å². The highest BCUT2D eigenvalue weighted by Crippen LogP contribution is 2.31. The number of rotatable bonds is 13. The van der Waals surface area contributed by atoms with Crippen molar-refractivity contribution < 1.29 is 17.9 Å². The first-order valence-electron chi connectivity index (χ1n) is 13.9. The van der Waals surface area contributed by atoms with E-state index in [-0.39, 0.29) is 21.5 Å². The summed E-state index contributed by atoms with van der Waals surface area (Å²) in [5.41, 5.74) is 1.12. The second kappa shape index (κ2) is 14.4. The normalized spacial score (nSPS) is 11.6. The zero-order valence-electron chi connectivity index (χ0n) is 24.6. The number of halogens is 2. The molecule has 0 bridgehead atoms. The first-order chi connectivity index (χ1) is 20.5. The zero-order chi connectivity index (χ0) is 31.1. The Morgan fingerprint density at radius 2 is 1.60 bits per heavy atom. The van der Waals surface area contributed by atoms with Gasteiger partial charge in [-0.15, -0.1) is 0 Å². The van der Waals surface area contributed by atoms with E-state index in [2.05, 4.69) is 14.8 Å². The van der Waals surface area contributed by atoms with Gasteiger partial charge in [0, 0.05) is 41.9 Å². The minimum Gasteiger partial charge on any atom is -0.464 e. The van der Waals surface area contributed by atoms with Gasteiger partial charge < -0.3 is 14.5 Å². The Balaban J connectivity index is 1.68. The van der Waals surface area contributed by atoms with Crippen molar-refractivity contribution in [2.75, 3.05) is 56.6 Å². The van der Waals surface area contributed by atoms with Crippen LogP contribution in [0.4, 0.5) is 11.5 Å². The maximum atomic E-state index is 13.8. The standard InChI is InChI=1S/C31H35Cl2N5O4S/c1-5-6-15-42-30(39)21-38(43(40,41)28-19-25(32)18-26(33)20-28)27-10-9-22-16-24(8-7-23(22)17-27)31-34-12-11-29(35-31)37(4)14-13-36(2)3/h7-12,16-20H,5-6,13-15,21H2,1-4H3. The molecule has 0 saturated carbocycles. The van der Waals surface area contributed by atoms with Crippen molar-refractivity contribution in [3.63, 3.8) is 0 Å². The van der Waals surface area contributed by atoms with Gasteiger partial charge in [-0.2, -0.15) is 0 Å². The van der Waals surface area contributed by atoms with Crippen molar-refractivity contribution in [3.8, 4) is 11.4 Å². The molecule has 1 aromatic heterocycles. The molecular weight excluding hydrogens is 609 g/mol. The van der Waals surface area contributed by atoms with Gasteiger partial charge in [0.05, 0.1) is 17.2 Å². The van der Waals surface area contributed by atoms with E-state index < -0.39 is 22.5 Å². The average molecular weight is 645 g/mol. The predicted octanol–water partition coefficient (Wildman–Crippen LogP) is 6.14. The van der Waals surface area contributed by atoms with Crippen LogP contribution in [0.3, 0.4) is 0 Å². The van der Waals surface area contributed by atoms with Crippen molar-refractivity contribution in [3.05, 3.63) is 76.9 Å². The molecule has 3 aromatic carbocycles. The highest BCUT2D eigenvalue weighted by atomic mass is 35.5. The number of likely N-dealkylation sites (N-methyl/N-ethyl adjacent to an activating group) is 2. The van der Waals surface area contributed by atoms with Gasteiger partial charge in [-0.25, -0.2) is 18.4 Å². The number of ether oxygens (including phenoxy) is 1. The van der Waals surface area contributed by atoms with Crippen LogP contribution < -0.4 is 9.21 Å². The number of carbonyl (C=O) groups is 1. The molecule has 0 amide bonds. The first-order valence-corrected chi connectivity index (χ1v) is 16.0. The third-order valence-corrected chi connectivity index (χ3v) is 8.93. The molecule has 0 spiro atoms. The molecule has 0 fully saturated rings. The molecule has 0 N–H and O–H groups in total. The zero-order valence-corrected chi connectivity index (χ0v) is 27.0. The Labute approximate surface area is 263 Å². The molecule has 0 aliphatic carbocycles. The van der Waals surface area contributed by atoms with E-state index in [4.69, 9.17) is 32.9 Å². The summed E-state index contributed by atoms with van der Waals surface area (Å²) in [6, 6.07) is 16.8. The lowest BCUT2D eigenvalue weighted by atomic mass is 10.1. The summed E-state index contributed by atoms with van der Waals surface area (Å²) in [5, 5.41) is 1.95. The molecule has 4 aromatic rings. The second-order valence-electron chi connectivity index (χ2n) is 10.4. The van der Waals surface area contributed by atoms with Crippen LogP contribution in [0.15, 0.2) is 71.8 Å². The molecule has 0 atom stereocenters. The number of hydrogen-bond acceptors (Lipinski definition) is 8. The number of fused-ring (bicyclic) bond motifs is 1. The topological polar surface area (TPSA) is 95.9 Å². The lowest BCUT2D eigenvalue weighted by Crippen LogP contribution is -2.36. The Bertz CT molecular complexity index is 1680. The van der Waals surface area contributed by atoms with Gasteiger partial charge in [0.15, 0.2) is 5.82 Å². The summed E-state index contributed by atoms with van der Waals surface area (Å²) in [5.74, 6) is 0.736. The number of esters is 1. The van der Waals surface area contributed by atoms with Crippen molar-refractivity contribution in [1.29, 1.82) is 0 Å². The van der Waals surface area contributed by atoms with Crippen LogP contribution in [-0.4, -0.2) is 76.6 Å². The summed E-state index contributed by atoms with van der Waals surface area (Å²) >= 11 is 12.2. The summed E-state index contributed by atoms with van der Waals surface area (Å²) in [4.78, 5) is 26.0. The molecule has 43 heavy (non-hydrogen) atoms. The fraction of sp³-hybridized carbons (Fsp3) is 0.323. The second-order valence-corrected chi connectivity index (χ2v) is 13.1. The monoisotopic (exact) mass is 643 g/mol. The highest BCUT2D eigenvalue weighted by molar-refractivity contribution is 7.92. The number of hydrogen-bond donors (Lipinski definition) is 0. The van der Waals surface area contributed by atoms with Crippen LogP contribution in [0.5, 0.6) is 0 Å². The molecule has 228 valence electrons. The summed E-state index contributed by atoms with van der Waals surface area (Å²) in [6.45, 7) is 3.38. The minimum atomic E-state index is -4.23. The molecule has 9 nitrogen and oxygen atoms in total. The third kappa shape index (κ3) is 8.35. The summed E-state index contributed by atoms with van der Waals surface area (Å²) in [6.07, 6.45) is 3.26. The van der Waals surface area contributed by atoms with Crippen LogP contribution in [-0.2, 0) is 19.6 Å². The fourth-order valence-corrected chi connectivity index (χ4v) is 6.43. The number of benzene rings is 3. The molecule has 0 unspecified atom stereocenters. The molecular formula is C31H35Cl2N5O4S. The van der Waals surface area contributed by atoms with Gasteiger partial charge in [0.2, 0.25) is 0 Å². The van der Waals surface area contributed by atoms with Crippen LogP contribution >= 0.6 is 23.2 Å². The Morgan fingerprint density at radius 3 is 2.30 bits per heavy atom. The van der Waals surface area contributed by atoms with E-state index in [1.807, 2.05) is 52.3 Å². The molecule has 12 heteroatoms. The van der Waals surface area contributed by atoms with E-state index in [9.17, 15) is 13.2 Å². The lowest BCUT2D eigenvalue weighted by Gasteiger charge is -2.24. The van der Waals surface area contributed by atoms with Gasteiger partial charge in [0.1, 0.15) is 12.4 Å². The average Bonchev–Trinajstić information content (AvgIpc) is 2.97. The Hall–Kier alpha value is -3.44. The van der Waals surface area contributed by atoms with E-state index >= 15 is 0 Å². The Morgan fingerprint density at radius 1 is 0.907 bits per heavy atom. The SMILES string of the molecule is CCCCOC(=O)CN(c1ccc2cc(-c3nccc(N(C)CCN(C)C)n3)ccc2c1)S(=O)(=O)c1cc(Cl)cc(Cl)c1. The van der Waals surface area contributed by atoms with Crippen molar-refractivity contribution in [2.24, 2.45) is 0 Å². The summed E-state index contributed by atoms with van der Waals surface area (Å²) < 4.78 is 34.0.